The van der Waals surface area contributed by atoms with E-state index in [1.807, 2.05) is 26.0 Å². The number of amides is 4. The molecule has 1 fully saturated rings. The molecule has 4 rings (SSSR count). The predicted octanol–water partition coefficient (Wildman–Crippen LogP) is 5.12. The Bertz CT molecular complexity index is 1490. The molecule has 0 saturated carbocycles. The Labute approximate surface area is 232 Å². The molecule has 0 unspecified atom stereocenters. The molecule has 206 valence electrons. The first-order chi connectivity index (χ1) is 19.2. The standard InChI is InChI=1S/C31H30N2O7/c1-5-38-27-17-21(9-14-26(27)40-18-22-8-7-19(3)20(4)15-22)16-25-28(34)32-31(37)33(29(25)35)24-12-10-23(11-13-24)30(36)39-6-2/h7-17H,5-6,18H2,1-4H3,(H,32,34,37)/b25-16+. The van der Waals surface area contributed by atoms with Crippen LogP contribution in [-0.4, -0.2) is 37.0 Å². The number of hydrogen-bond acceptors (Lipinski definition) is 7. The summed E-state index contributed by atoms with van der Waals surface area (Å²) < 4.78 is 16.7. The van der Waals surface area contributed by atoms with Gasteiger partial charge >= 0.3 is 12.0 Å². The van der Waals surface area contributed by atoms with Gasteiger partial charge in [0, 0.05) is 0 Å². The van der Waals surface area contributed by atoms with E-state index >= 15 is 0 Å². The molecule has 9 nitrogen and oxygen atoms in total. The normalized spacial score (nSPS) is 14.2. The van der Waals surface area contributed by atoms with Gasteiger partial charge in [-0.1, -0.05) is 24.3 Å². The average Bonchev–Trinajstić information content (AvgIpc) is 2.93. The molecule has 0 spiro atoms. The van der Waals surface area contributed by atoms with Crippen LogP contribution in [0.3, 0.4) is 0 Å². The number of carbonyl (C=O) groups is 4. The third-order valence-electron chi connectivity index (χ3n) is 6.28. The van der Waals surface area contributed by atoms with Crippen LogP contribution in [0.1, 0.15) is 46.5 Å². The van der Waals surface area contributed by atoms with Crippen molar-refractivity contribution in [1.29, 1.82) is 0 Å². The van der Waals surface area contributed by atoms with Crippen molar-refractivity contribution in [3.63, 3.8) is 0 Å². The minimum absolute atomic E-state index is 0.194. The summed E-state index contributed by atoms with van der Waals surface area (Å²) in [5, 5.41) is 2.20. The topological polar surface area (TPSA) is 111 Å². The molecule has 1 aliphatic heterocycles. The van der Waals surface area contributed by atoms with E-state index in [9.17, 15) is 19.2 Å². The number of benzene rings is 3. The van der Waals surface area contributed by atoms with Gasteiger partial charge < -0.3 is 14.2 Å². The molecule has 1 N–H and O–H groups in total. The first-order valence-corrected chi connectivity index (χ1v) is 12.9. The number of nitrogens with one attached hydrogen (secondary N) is 1. The van der Waals surface area contributed by atoms with Gasteiger partial charge in [0.15, 0.2) is 11.5 Å². The lowest BCUT2D eigenvalue weighted by Gasteiger charge is -2.26. The van der Waals surface area contributed by atoms with Crippen LogP contribution in [0.25, 0.3) is 6.08 Å². The Balaban J connectivity index is 1.58. The summed E-state index contributed by atoms with van der Waals surface area (Å²) in [6, 6.07) is 16.1. The molecule has 9 heteroatoms. The highest BCUT2D eigenvalue weighted by Gasteiger charge is 2.37. The number of carbonyl (C=O) groups excluding carboxylic acids is 4. The molecule has 4 amide bonds. The fourth-order valence-electron chi connectivity index (χ4n) is 4.08. The van der Waals surface area contributed by atoms with Crippen LogP contribution in [0.2, 0.25) is 0 Å². The summed E-state index contributed by atoms with van der Waals surface area (Å²) in [4.78, 5) is 51.3. The molecule has 0 radical (unpaired) electrons. The second-order valence-corrected chi connectivity index (χ2v) is 9.07. The van der Waals surface area contributed by atoms with Gasteiger partial charge in [-0.2, -0.15) is 0 Å². The van der Waals surface area contributed by atoms with Crippen molar-refractivity contribution < 1.29 is 33.4 Å². The van der Waals surface area contributed by atoms with Crippen molar-refractivity contribution >= 4 is 35.6 Å². The van der Waals surface area contributed by atoms with Gasteiger partial charge in [-0.3, -0.25) is 14.9 Å². The summed E-state index contributed by atoms with van der Waals surface area (Å²) in [5.74, 6) is -1.18. The zero-order valence-electron chi connectivity index (χ0n) is 22.8. The average molecular weight is 543 g/mol. The second kappa shape index (κ2) is 12.3. The molecule has 1 heterocycles. The molecule has 0 aliphatic carbocycles. The Morgan fingerprint density at radius 1 is 0.850 bits per heavy atom. The predicted molar refractivity (Wildman–Crippen MR) is 149 cm³/mol. The zero-order valence-corrected chi connectivity index (χ0v) is 22.8. The van der Waals surface area contributed by atoms with Gasteiger partial charge in [0.1, 0.15) is 12.2 Å². The number of hydrogen-bond donors (Lipinski definition) is 1. The molecule has 0 atom stereocenters. The minimum atomic E-state index is -0.888. The van der Waals surface area contributed by atoms with Crippen molar-refractivity contribution in [3.8, 4) is 11.5 Å². The SMILES string of the molecule is CCOC(=O)c1ccc(N2C(=O)NC(=O)/C(=C\c3ccc(OCc4ccc(C)c(C)c4)c(OCC)c3)C2=O)cc1. The van der Waals surface area contributed by atoms with Crippen LogP contribution in [0, 0.1) is 13.8 Å². The number of barbiturate groups is 1. The fraction of sp³-hybridized carbons (Fsp3) is 0.226. The molecule has 3 aromatic rings. The number of urea groups is 1. The molecule has 40 heavy (non-hydrogen) atoms. The van der Waals surface area contributed by atoms with E-state index in [2.05, 4.69) is 18.3 Å². The first-order valence-electron chi connectivity index (χ1n) is 12.9. The number of anilines is 1. The number of imide groups is 2. The minimum Gasteiger partial charge on any atom is -0.490 e. The highest BCUT2D eigenvalue weighted by atomic mass is 16.5. The lowest BCUT2D eigenvalue weighted by atomic mass is 10.1. The summed E-state index contributed by atoms with van der Waals surface area (Å²) >= 11 is 0. The second-order valence-electron chi connectivity index (χ2n) is 9.07. The Morgan fingerprint density at radius 3 is 2.27 bits per heavy atom. The van der Waals surface area contributed by atoms with Crippen LogP contribution in [0.15, 0.2) is 66.2 Å². The highest BCUT2D eigenvalue weighted by Crippen LogP contribution is 2.31. The van der Waals surface area contributed by atoms with Gasteiger partial charge in [0.25, 0.3) is 11.8 Å². The van der Waals surface area contributed by atoms with Gasteiger partial charge in [0.2, 0.25) is 0 Å². The van der Waals surface area contributed by atoms with Crippen molar-refractivity contribution in [1.82, 2.24) is 5.32 Å². The van der Waals surface area contributed by atoms with Crippen LogP contribution in [0.4, 0.5) is 10.5 Å². The van der Waals surface area contributed by atoms with Gasteiger partial charge in [-0.05, 0) is 92.4 Å². The van der Waals surface area contributed by atoms with Crippen LogP contribution in [0.5, 0.6) is 11.5 Å². The van der Waals surface area contributed by atoms with Gasteiger partial charge in [0.05, 0.1) is 24.5 Å². The number of aryl methyl sites for hydroxylation is 2. The van der Waals surface area contributed by atoms with Gasteiger partial charge in [-0.25, -0.2) is 14.5 Å². The maximum atomic E-state index is 13.3. The van der Waals surface area contributed by atoms with E-state index in [0.717, 1.165) is 10.5 Å². The molecule has 1 aliphatic rings. The summed E-state index contributed by atoms with van der Waals surface area (Å²) in [6.07, 6.45) is 1.39. The number of rotatable bonds is 9. The lowest BCUT2D eigenvalue weighted by Crippen LogP contribution is -2.54. The van der Waals surface area contributed by atoms with E-state index in [-0.39, 0.29) is 23.4 Å². The van der Waals surface area contributed by atoms with Crippen LogP contribution < -0.4 is 19.7 Å². The van der Waals surface area contributed by atoms with Crippen molar-refractivity contribution in [3.05, 3.63) is 94.1 Å². The third kappa shape index (κ3) is 6.20. The number of nitrogens with zero attached hydrogens (tertiary/aromatic N) is 1. The van der Waals surface area contributed by atoms with Gasteiger partial charge in [-0.15, -0.1) is 0 Å². The van der Waals surface area contributed by atoms with Crippen molar-refractivity contribution in [2.75, 3.05) is 18.1 Å². The summed E-state index contributed by atoms with van der Waals surface area (Å²) in [5.41, 5.74) is 4.12. The highest BCUT2D eigenvalue weighted by molar-refractivity contribution is 6.39. The quantitative estimate of drug-likeness (QED) is 0.227. The summed E-state index contributed by atoms with van der Waals surface area (Å²) in [7, 11) is 0. The third-order valence-corrected chi connectivity index (χ3v) is 6.28. The first kappa shape index (κ1) is 28.1. The fourth-order valence-corrected chi connectivity index (χ4v) is 4.08. The number of esters is 1. The van der Waals surface area contributed by atoms with E-state index in [0.29, 0.717) is 30.3 Å². The zero-order chi connectivity index (χ0) is 28.8. The van der Waals surface area contributed by atoms with E-state index in [1.165, 1.54) is 41.5 Å². The van der Waals surface area contributed by atoms with E-state index in [4.69, 9.17) is 14.2 Å². The Hall–Kier alpha value is -4.92. The van der Waals surface area contributed by atoms with Crippen LogP contribution >= 0.6 is 0 Å². The molecular formula is C31H30N2O7. The number of ether oxygens (including phenoxy) is 3. The Kier molecular flexibility index (Phi) is 8.63. The Morgan fingerprint density at radius 2 is 1.60 bits per heavy atom. The maximum Gasteiger partial charge on any atom is 0.338 e. The van der Waals surface area contributed by atoms with Crippen LogP contribution in [-0.2, 0) is 20.9 Å². The van der Waals surface area contributed by atoms with E-state index in [1.54, 1.807) is 25.1 Å². The smallest absolute Gasteiger partial charge is 0.338 e. The van der Waals surface area contributed by atoms with E-state index < -0.39 is 23.8 Å². The maximum absolute atomic E-state index is 13.3. The van der Waals surface area contributed by atoms with Crippen molar-refractivity contribution in [2.45, 2.75) is 34.3 Å². The summed E-state index contributed by atoms with van der Waals surface area (Å²) in [6.45, 7) is 8.56. The molecule has 3 aromatic carbocycles. The lowest BCUT2D eigenvalue weighted by molar-refractivity contribution is -0.122. The monoisotopic (exact) mass is 542 g/mol. The molecule has 0 bridgehead atoms. The molecule has 0 aromatic heterocycles. The van der Waals surface area contributed by atoms with Crippen molar-refractivity contribution in [2.24, 2.45) is 0 Å². The largest absolute Gasteiger partial charge is 0.490 e. The molecular weight excluding hydrogens is 512 g/mol. The molecule has 1 saturated heterocycles.